The van der Waals surface area contributed by atoms with Crippen LogP contribution < -0.4 is 15.4 Å². The Morgan fingerprint density at radius 1 is 1.05 bits per heavy atom. The number of pyridine rings is 1. The third-order valence-corrected chi connectivity index (χ3v) is 7.12. The summed E-state index contributed by atoms with van der Waals surface area (Å²) in [5.74, 6) is 0.482. The lowest BCUT2D eigenvalue weighted by Crippen LogP contribution is -2.52. The third-order valence-electron chi connectivity index (χ3n) is 7.12. The first-order valence-corrected chi connectivity index (χ1v) is 13.0. The van der Waals surface area contributed by atoms with Gasteiger partial charge in [0.2, 0.25) is 0 Å². The van der Waals surface area contributed by atoms with Crippen LogP contribution in [-0.2, 0) is 11.3 Å². The Bertz CT molecular complexity index is 1390. The second-order valence-corrected chi connectivity index (χ2v) is 9.77. The predicted molar refractivity (Wildman–Crippen MR) is 150 cm³/mol. The number of nitrogens with one attached hydrogen (secondary N) is 2. The van der Waals surface area contributed by atoms with Gasteiger partial charge in [-0.15, -0.1) is 0 Å². The second kappa shape index (κ2) is 11.6. The SMILES string of the molecule is CNC1(Nc2cccc3cnccc23)CCN(Cc2ccc(C)c(OCCOC(=O)c3ccccc3)c2)C1. The number of anilines is 1. The fourth-order valence-electron chi connectivity index (χ4n) is 4.98. The quantitative estimate of drug-likeness (QED) is 0.176. The van der Waals surface area contributed by atoms with E-state index in [0.29, 0.717) is 12.2 Å². The van der Waals surface area contributed by atoms with Gasteiger partial charge in [-0.1, -0.05) is 42.5 Å². The number of carbonyl (C=O) groups excluding carboxylic acids is 1. The van der Waals surface area contributed by atoms with Crippen molar-refractivity contribution in [1.82, 2.24) is 15.2 Å². The van der Waals surface area contributed by atoms with Crippen LogP contribution in [0.2, 0.25) is 0 Å². The summed E-state index contributed by atoms with van der Waals surface area (Å²) in [6, 6.07) is 23.7. The van der Waals surface area contributed by atoms with E-state index in [4.69, 9.17) is 9.47 Å². The highest BCUT2D eigenvalue weighted by atomic mass is 16.6. The summed E-state index contributed by atoms with van der Waals surface area (Å²) in [5.41, 5.74) is 3.68. The van der Waals surface area contributed by atoms with E-state index in [-0.39, 0.29) is 18.2 Å². The number of aromatic nitrogens is 1. The van der Waals surface area contributed by atoms with Crippen molar-refractivity contribution < 1.29 is 14.3 Å². The van der Waals surface area contributed by atoms with Gasteiger partial charge in [-0.3, -0.25) is 15.2 Å². The topological polar surface area (TPSA) is 75.7 Å². The molecule has 2 N–H and O–H groups in total. The van der Waals surface area contributed by atoms with E-state index >= 15 is 0 Å². The van der Waals surface area contributed by atoms with Gasteiger partial charge in [0.15, 0.2) is 0 Å². The van der Waals surface area contributed by atoms with Crippen molar-refractivity contribution in [2.24, 2.45) is 0 Å². The average molecular weight is 511 g/mol. The number of carbonyl (C=O) groups is 1. The van der Waals surface area contributed by atoms with Crippen LogP contribution in [-0.4, -0.2) is 54.9 Å². The normalized spacial score (nSPS) is 17.4. The number of nitrogens with zero attached hydrogens (tertiary/aromatic N) is 2. The van der Waals surface area contributed by atoms with E-state index in [0.717, 1.165) is 48.4 Å². The molecule has 2 heterocycles. The number of aryl methyl sites for hydroxylation is 1. The minimum Gasteiger partial charge on any atom is -0.490 e. The number of likely N-dealkylation sites (N-methyl/N-ethyl adjacent to an activating group) is 1. The van der Waals surface area contributed by atoms with E-state index in [1.165, 1.54) is 10.9 Å². The Morgan fingerprint density at radius 2 is 1.92 bits per heavy atom. The molecule has 7 nitrogen and oxygen atoms in total. The first-order valence-electron chi connectivity index (χ1n) is 13.0. The zero-order chi connectivity index (χ0) is 26.4. The second-order valence-electron chi connectivity index (χ2n) is 9.77. The molecule has 3 aromatic carbocycles. The van der Waals surface area contributed by atoms with Gasteiger partial charge >= 0.3 is 5.97 Å². The maximum atomic E-state index is 12.1. The average Bonchev–Trinajstić information content (AvgIpc) is 3.36. The summed E-state index contributed by atoms with van der Waals surface area (Å²) < 4.78 is 11.3. The number of rotatable bonds is 10. The van der Waals surface area contributed by atoms with Gasteiger partial charge in [0.1, 0.15) is 24.6 Å². The number of hydrogen-bond donors (Lipinski definition) is 2. The maximum Gasteiger partial charge on any atom is 0.338 e. The van der Waals surface area contributed by atoms with Crippen LogP contribution in [0.5, 0.6) is 5.75 Å². The highest BCUT2D eigenvalue weighted by Crippen LogP contribution is 2.30. The molecule has 0 spiro atoms. The molecule has 4 aromatic rings. The molecule has 1 saturated heterocycles. The van der Waals surface area contributed by atoms with E-state index in [1.807, 2.05) is 44.6 Å². The van der Waals surface area contributed by atoms with Crippen LogP contribution in [0, 0.1) is 6.92 Å². The highest BCUT2D eigenvalue weighted by Gasteiger charge is 2.37. The van der Waals surface area contributed by atoms with Crippen LogP contribution in [0.1, 0.15) is 27.9 Å². The first-order chi connectivity index (χ1) is 18.5. The third kappa shape index (κ3) is 5.96. The van der Waals surface area contributed by atoms with Gasteiger partial charge in [0.05, 0.1) is 5.56 Å². The van der Waals surface area contributed by atoms with Gasteiger partial charge in [-0.05, 0) is 61.9 Å². The number of esters is 1. The van der Waals surface area contributed by atoms with E-state index in [9.17, 15) is 4.79 Å². The van der Waals surface area contributed by atoms with Crippen LogP contribution in [0.3, 0.4) is 0 Å². The summed E-state index contributed by atoms with van der Waals surface area (Å²) in [4.78, 5) is 18.8. The summed E-state index contributed by atoms with van der Waals surface area (Å²) in [5, 5.41) is 9.64. The molecule has 1 aliphatic heterocycles. The summed E-state index contributed by atoms with van der Waals surface area (Å²) in [7, 11) is 2.02. The molecule has 0 aliphatic carbocycles. The van der Waals surface area contributed by atoms with Gasteiger partial charge in [0.25, 0.3) is 0 Å². The van der Waals surface area contributed by atoms with Crippen LogP contribution in [0.25, 0.3) is 10.8 Å². The predicted octanol–water partition coefficient (Wildman–Crippen LogP) is 5.01. The van der Waals surface area contributed by atoms with Crippen LogP contribution in [0.4, 0.5) is 5.69 Å². The van der Waals surface area contributed by atoms with E-state index in [1.54, 1.807) is 12.1 Å². The Labute approximate surface area is 223 Å². The zero-order valence-corrected chi connectivity index (χ0v) is 21.9. The monoisotopic (exact) mass is 510 g/mol. The molecule has 196 valence electrons. The van der Waals surface area contributed by atoms with E-state index in [2.05, 4.69) is 63.0 Å². The maximum absolute atomic E-state index is 12.1. The molecular formula is C31H34N4O3. The van der Waals surface area contributed by atoms with Crippen molar-refractivity contribution in [2.45, 2.75) is 25.6 Å². The molecule has 1 aromatic heterocycles. The molecule has 5 rings (SSSR count). The lowest BCUT2D eigenvalue weighted by Gasteiger charge is -2.32. The molecule has 1 atom stereocenters. The Morgan fingerprint density at radius 3 is 2.76 bits per heavy atom. The lowest BCUT2D eigenvalue weighted by molar-refractivity contribution is 0.0450. The number of likely N-dealkylation sites (tertiary alicyclic amines) is 1. The molecule has 1 fully saturated rings. The standard InChI is InChI=1S/C31H34N4O3/c1-23-11-12-24(19-29(23)37-17-18-38-30(36)25-7-4-3-5-8-25)21-35-16-14-31(22-35,32-2)34-28-10-6-9-26-20-33-15-13-27(26)28/h3-13,15,19-20,32,34H,14,16-18,21-22H2,1-2H3. The fraction of sp³-hybridized carbons (Fsp3) is 0.290. The minimum atomic E-state index is -0.338. The van der Waals surface area contributed by atoms with Crippen molar-refractivity contribution >= 4 is 22.4 Å². The summed E-state index contributed by atoms with van der Waals surface area (Å²) >= 11 is 0. The largest absolute Gasteiger partial charge is 0.490 e. The molecular weight excluding hydrogens is 476 g/mol. The van der Waals surface area contributed by atoms with Gasteiger partial charge in [0, 0.05) is 48.5 Å². The van der Waals surface area contributed by atoms with Gasteiger partial charge < -0.3 is 14.8 Å². The van der Waals surface area contributed by atoms with Crippen LogP contribution >= 0.6 is 0 Å². The first kappa shape index (κ1) is 25.7. The smallest absolute Gasteiger partial charge is 0.338 e. The number of hydrogen-bond acceptors (Lipinski definition) is 7. The Balaban J connectivity index is 1.17. The molecule has 1 unspecified atom stereocenters. The van der Waals surface area contributed by atoms with E-state index < -0.39 is 0 Å². The fourth-order valence-corrected chi connectivity index (χ4v) is 4.98. The van der Waals surface area contributed by atoms with Gasteiger partial charge in [-0.2, -0.15) is 0 Å². The number of ether oxygens (including phenoxy) is 2. The number of fused-ring (bicyclic) bond motifs is 1. The summed E-state index contributed by atoms with van der Waals surface area (Å²) in [6.45, 7) is 5.19. The Kier molecular flexibility index (Phi) is 7.86. The Hall–Kier alpha value is -3.94. The van der Waals surface area contributed by atoms with Crippen LogP contribution in [0.15, 0.2) is 85.2 Å². The molecule has 0 saturated carbocycles. The van der Waals surface area contributed by atoms with Gasteiger partial charge in [-0.25, -0.2) is 4.79 Å². The highest BCUT2D eigenvalue weighted by molar-refractivity contribution is 5.93. The molecule has 38 heavy (non-hydrogen) atoms. The van der Waals surface area contributed by atoms with Crippen molar-refractivity contribution in [3.63, 3.8) is 0 Å². The molecule has 0 bridgehead atoms. The summed E-state index contributed by atoms with van der Waals surface area (Å²) in [6.07, 6.45) is 4.72. The molecule has 7 heteroatoms. The molecule has 0 amide bonds. The van der Waals surface area contributed by atoms with Crippen molar-refractivity contribution in [3.8, 4) is 5.75 Å². The zero-order valence-electron chi connectivity index (χ0n) is 21.9. The van der Waals surface area contributed by atoms with Crippen molar-refractivity contribution in [3.05, 3.63) is 102 Å². The lowest BCUT2D eigenvalue weighted by atomic mass is 10.1. The number of benzene rings is 3. The minimum absolute atomic E-state index is 0.199. The molecule has 0 radical (unpaired) electrons. The van der Waals surface area contributed by atoms with Crippen molar-refractivity contribution in [2.75, 3.05) is 38.7 Å². The molecule has 1 aliphatic rings. The van der Waals surface area contributed by atoms with Crippen molar-refractivity contribution in [1.29, 1.82) is 0 Å².